The predicted molar refractivity (Wildman–Crippen MR) is 107 cm³/mol. The summed E-state index contributed by atoms with van der Waals surface area (Å²) in [5.74, 6) is 0.198. The van der Waals surface area contributed by atoms with Crippen LogP contribution in [0.5, 0.6) is 5.75 Å². The van der Waals surface area contributed by atoms with E-state index in [-0.39, 0.29) is 6.10 Å². The molecule has 0 radical (unpaired) electrons. The van der Waals surface area contributed by atoms with Crippen molar-refractivity contribution in [3.8, 4) is 5.75 Å². The summed E-state index contributed by atoms with van der Waals surface area (Å²) in [5.41, 5.74) is 1.08. The number of nitrogens with one attached hydrogen (secondary N) is 1. The van der Waals surface area contributed by atoms with Crippen LogP contribution in [-0.2, 0) is 14.8 Å². The van der Waals surface area contributed by atoms with Crippen LogP contribution in [0.4, 0.5) is 11.4 Å². The first-order chi connectivity index (χ1) is 12.8. The number of para-hydroxylation sites is 1. The molecule has 2 aromatic rings. The van der Waals surface area contributed by atoms with E-state index in [1.807, 2.05) is 19.9 Å². The quantitative estimate of drug-likeness (QED) is 0.789. The maximum absolute atomic E-state index is 13.1. The maximum atomic E-state index is 13.1. The zero-order valence-electron chi connectivity index (χ0n) is 15.7. The molecule has 0 spiro atoms. The lowest BCUT2D eigenvalue weighted by molar-refractivity contribution is -0.116. The Morgan fingerprint density at radius 2 is 1.67 bits per heavy atom. The average Bonchev–Trinajstić information content (AvgIpc) is 3.45. The third kappa shape index (κ3) is 3.78. The Bertz CT molecular complexity index is 905. The van der Waals surface area contributed by atoms with Crippen molar-refractivity contribution in [1.82, 2.24) is 0 Å². The summed E-state index contributed by atoms with van der Waals surface area (Å²) in [6.45, 7) is 3.86. The molecule has 27 heavy (non-hydrogen) atoms. The van der Waals surface area contributed by atoms with E-state index in [9.17, 15) is 13.2 Å². The number of hydrogen-bond donors (Lipinski definition) is 1. The summed E-state index contributed by atoms with van der Waals surface area (Å²) in [6.07, 6.45) is 0.679. The second-order valence-electron chi connectivity index (χ2n) is 6.95. The smallest absolute Gasteiger partial charge is 0.249 e. The first kappa shape index (κ1) is 19.2. The molecule has 0 aliphatic heterocycles. The minimum Gasteiger partial charge on any atom is -0.491 e. The molecule has 2 aromatic carbocycles. The average molecular weight is 388 g/mol. The van der Waals surface area contributed by atoms with E-state index in [2.05, 4.69) is 5.32 Å². The van der Waals surface area contributed by atoms with Crippen molar-refractivity contribution in [3.63, 3.8) is 0 Å². The lowest BCUT2D eigenvalue weighted by atomic mass is 10.2. The highest BCUT2D eigenvalue weighted by molar-refractivity contribution is 7.95. The highest BCUT2D eigenvalue weighted by Gasteiger charge is 2.62. The molecule has 1 amide bonds. The van der Waals surface area contributed by atoms with E-state index in [1.165, 1.54) is 11.4 Å². The summed E-state index contributed by atoms with van der Waals surface area (Å²) in [6, 6.07) is 15.7. The van der Waals surface area contributed by atoms with Gasteiger partial charge in [0.25, 0.3) is 0 Å². The minimum absolute atomic E-state index is 0.0545. The number of hydrogen-bond acceptors (Lipinski definition) is 4. The molecule has 3 rings (SSSR count). The highest BCUT2D eigenvalue weighted by Crippen LogP contribution is 2.46. The fourth-order valence-electron chi connectivity index (χ4n) is 2.89. The molecule has 0 bridgehead atoms. The monoisotopic (exact) mass is 388 g/mol. The van der Waals surface area contributed by atoms with Gasteiger partial charge < -0.3 is 10.1 Å². The minimum atomic E-state index is -3.83. The van der Waals surface area contributed by atoms with Gasteiger partial charge in [-0.1, -0.05) is 18.2 Å². The Hall–Kier alpha value is -2.54. The third-order valence-electron chi connectivity index (χ3n) is 4.58. The van der Waals surface area contributed by atoms with Gasteiger partial charge in [-0.2, -0.15) is 0 Å². The van der Waals surface area contributed by atoms with Crippen LogP contribution in [0.2, 0.25) is 0 Å². The Balaban J connectivity index is 1.76. The molecule has 1 aliphatic rings. The van der Waals surface area contributed by atoms with Crippen molar-refractivity contribution in [1.29, 1.82) is 0 Å². The predicted octanol–water partition coefficient (Wildman–Crippen LogP) is 3.41. The summed E-state index contributed by atoms with van der Waals surface area (Å²) in [4.78, 5) is 12.8. The van der Waals surface area contributed by atoms with E-state index in [0.717, 1.165) is 0 Å². The molecule has 6 nitrogen and oxygen atoms in total. The number of sulfonamides is 1. The molecule has 1 fully saturated rings. The van der Waals surface area contributed by atoms with Gasteiger partial charge in [-0.05, 0) is 63.1 Å². The Morgan fingerprint density at radius 1 is 1.07 bits per heavy atom. The van der Waals surface area contributed by atoms with E-state index < -0.39 is 20.7 Å². The normalized spacial score (nSPS) is 15.3. The van der Waals surface area contributed by atoms with Crippen LogP contribution in [0.15, 0.2) is 54.6 Å². The molecule has 0 saturated heterocycles. The number of carbonyl (C=O) groups excluding carboxylic acids is 1. The molecule has 1 aliphatic carbocycles. The molecule has 144 valence electrons. The number of nitrogens with zero attached hydrogens (tertiary/aromatic N) is 1. The lowest BCUT2D eigenvalue weighted by Crippen LogP contribution is -2.45. The van der Waals surface area contributed by atoms with Gasteiger partial charge in [-0.25, -0.2) is 8.42 Å². The Labute approximate surface area is 160 Å². The summed E-state index contributed by atoms with van der Waals surface area (Å²) in [5, 5.41) is 2.74. The SMILES string of the molecule is CC(C)Oc1ccc(NC(=O)C2(S(=O)(=O)N(C)c3ccccc3)CC2)cc1. The molecule has 1 saturated carbocycles. The summed E-state index contributed by atoms with van der Waals surface area (Å²) in [7, 11) is -2.35. The molecule has 7 heteroatoms. The van der Waals surface area contributed by atoms with E-state index in [0.29, 0.717) is 30.0 Å². The number of anilines is 2. The van der Waals surface area contributed by atoms with Gasteiger partial charge in [0.2, 0.25) is 15.9 Å². The van der Waals surface area contributed by atoms with Crippen molar-refractivity contribution >= 4 is 27.3 Å². The standard InChI is InChI=1S/C20H24N2O4S/c1-15(2)26-18-11-9-16(10-12-18)21-19(23)20(13-14-20)27(24,25)22(3)17-7-5-4-6-8-17/h4-12,15H,13-14H2,1-3H3,(H,21,23). The van der Waals surface area contributed by atoms with Gasteiger partial charge in [-0.15, -0.1) is 0 Å². The van der Waals surface area contributed by atoms with Crippen LogP contribution < -0.4 is 14.4 Å². The van der Waals surface area contributed by atoms with Crippen molar-refractivity contribution < 1.29 is 17.9 Å². The van der Waals surface area contributed by atoms with Crippen LogP contribution in [0.25, 0.3) is 0 Å². The van der Waals surface area contributed by atoms with Crippen LogP contribution in [0.3, 0.4) is 0 Å². The highest BCUT2D eigenvalue weighted by atomic mass is 32.2. The van der Waals surface area contributed by atoms with Gasteiger partial charge in [0.15, 0.2) is 4.75 Å². The number of benzene rings is 2. The fourth-order valence-corrected chi connectivity index (χ4v) is 4.72. The summed E-state index contributed by atoms with van der Waals surface area (Å²) >= 11 is 0. The van der Waals surface area contributed by atoms with Crippen LogP contribution in [0, 0.1) is 0 Å². The molecular formula is C20H24N2O4S. The van der Waals surface area contributed by atoms with Gasteiger partial charge in [0.1, 0.15) is 5.75 Å². The number of rotatable bonds is 7. The van der Waals surface area contributed by atoms with Crippen molar-refractivity contribution in [3.05, 3.63) is 54.6 Å². The molecule has 0 aromatic heterocycles. The molecular weight excluding hydrogens is 364 g/mol. The largest absolute Gasteiger partial charge is 0.491 e. The topological polar surface area (TPSA) is 75.7 Å². The molecule has 0 heterocycles. The first-order valence-electron chi connectivity index (χ1n) is 8.88. The van der Waals surface area contributed by atoms with Crippen LogP contribution >= 0.6 is 0 Å². The maximum Gasteiger partial charge on any atom is 0.249 e. The van der Waals surface area contributed by atoms with Crippen LogP contribution in [-0.4, -0.2) is 32.2 Å². The Morgan fingerprint density at radius 3 is 2.19 bits per heavy atom. The van der Waals surface area contributed by atoms with E-state index in [1.54, 1.807) is 48.5 Å². The number of carbonyl (C=O) groups is 1. The zero-order chi connectivity index (χ0) is 19.7. The van der Waals surface area contributed by atoms with Gasteiger partial charge in [-0.3, -0.25) is 9.10 Å². The van der Waals surface area contributed by atoms with Gasteiger partial charge in [0.05, 0.1) is 11.8 Å². The molecule has 0 atom stereocenters. The van der Waals surface area contributed by atoms with Crippen molar-refractivity contribution in [2.45, 2.75) is 37.5 Å². The lowest BCUT2D eigenvalue weighted by Gasteiger charge is -2.25. The van der Waals surface area contributed by atoms with Gasteiger partial charge in [0, 0.05) is 12.7 Å². The molecule has 1 N–H and O–H groups in total. The molecule has 0 unspecified atom stereocenters. The zero-order valence-corrected chi connectivity index (χ0v) is 16.5. The van der Waals surface area contributed by atoms with Crippen LogP contribution in [0.1, 0.15) is 26.7 Å². The van der Waals surface area contributed by atoms with Crippen molar-refractivity contribution in [2.24, 2.45) is 0 Å². The Kier molecular flexibility index (Phi) is 5.15. The van der Waals surface area contributed by atoms with Crippen molar-refractivity contribution in [2.75, 3.05) is 16.7 Å². The third-order valence-corrected chi connectivity index (χ3v) is 7.09. The number of ether oxygens (including phenoxy) is 1. The van der Waals surface area contributed by atoms with Gasteiger partial charge >= 0.3 is 0 Å². The first-order valence-corrected chi connectivity index (χ1v) is 10.3. The summed E-state index contributed by atoms with van der Waals surface area (Å²) < 4.78 is 31.5. The fraction of sp³-hybridized carbons (Fsp3) is 0.350. The second-order valence-corrected chi connectivity index (χ2v) is 9.23. The number of amides is 1. The second kappa shape index (κ2) is 7.23. The van der Waals surface area contributed by atoms with E-state index in [4.69, 9.17) is 4.74 Å². The van der Waals surface area contributed by atoms with E-state index >= 15 is 0 Å².